The van der Waals surface area contributed by atoms with Gasteiger partial charge in [-0.05, 0) is 67.1 Å². The summed E-state index contributed by atoms with van der Waals surface area (Å²) in [5, 5.41) is 12.6. The van der Waals surface area contributed by atoms with Crippen LogP contribution in [-0.2, 0) is 6.18 Å². The number of hydrogen-bond acceptors (Lipinski definition) is 4. The Morgan fingerprint density at radius 3 is 2.29 bits per heavy atom. The highest BCUT2D eigenvalue weighted by molar-refractivity contribution is 6.07. The van der Waals surface area contributed by atoms with Crippen LogP contribution in [0.4, 0.5) is 27.6 Å². The van der Waals surface area contributed by atoms with E-state index in [0.717, 1.165) is 36.4 Å². The van der Waals surface area contributed by atoms with Crippen molar-refractivity contribution in [2.24, 2.45) is 0 Å². The molecule has 0 aliphatic heterocycles. The van der Waals surface area contributed by atoms with E-state index in [0.29, 0.717) is 12.1 Å². The van der Waals surface area contributed by atoms with Crippen LogP contribution in [0, 0.1) is 30.0 Å². The Labute approximate surface area is 189 Å². The van der Waals surface area contributed by atoms with Gasteiger partial charge in [-0.25, -0.2) is 8.78 Å². The molecule has 34 heavy (non-hydrogen) atoms. The van der Waals surface area contributed by atoms with Crippen LogP contribution in [0.5, 0.6) is 11.5 Å². The summed E-state index contributed by atoms with van der Waals surface area (Å²) in [5.41, 5.74) is -1.74. The quantitative estimate of drug-likeness (QED) is 0.288. The first-order valence-corrected chi connectivity index (χ1v) is 9.45. The number of rotatable bonds is 5. The fourth-order valence-electron chi connectivity index (χ4n) is 2.91. The van der Waals surface area contributed by atoms with Crippen LogP contribution >= 0.6 is 0 Å². The lowest BCUT2D eigenvalue weighted by Crippen LogP contribution is -2.20. The van der Waals surface area contributed by atoms with Crippen molar-refractivity contribution < 1.29 is 36.3 Å². The molecule has 3 rings (SSSR count). The molecule has 0 saturated carbocycles. The van der Waals surface area contributed by atoms with E-state index in [4.69, 9.17) is 10.00 Å². The number of halogens is 5. The molecule has 0 unspecified atom stereocenters. The Balaban J connectivity index is 1.98. The van der Waals surface area contributed by atoms with Gasteiger partial charge in [0, 0.05) is 5.69 Å². The number of aryl methyl sites for hydroxylation is 1. The molecule has 0 saturated heterocycles. The minimum Gasteiger partial charge on any atom is -0.456 e. The molecule has 2 N–H and O–H groups in total. The summed E-state index contributed by atoms with van der Waals surface area (Å²) in [6.07, 6.45) is -3.38. The second kappa shape index (κ2) is 9.58. The number of alkyl halides is 3. The van der Waals surface area contributed by atoms with Gasteiger partial charge >= 0.3 is 6.18 Å². The molecule has 0 bridgehead atoms. The summed E-state index contributed by atoms with van der Waals surface area (Å²) in [6, 6.07) is 8.47. The Hall–Kier alpha value is -4.46. The zero-order valence-electron chi connectivity index (χ0n) is 17.3. The summed E-state index contributed by atoms with van der Waals surface area (Å²) in [4.78, 5) is 24.6. The van der Waals surface area contributed by atoms with Gasteiger partial charge in [-0.3, -0.25) is 14.9 Å². The third-order valence-electron chi connectivity index (χ3n) is 4.55. The summed E-state index contributed by atoms with van der Waals surface area (Å²) >= 11 is 0. The molecular weight excluding hydrogens is 461 g/mol. The molecule has 0 fully saturated rings. The number of carbonyl (C=O) groups is 2. The molecular formula is C23H14F5N3O3. The van der Waals surface area contributed by atoms with Crippen molar-refractivity contribution in [1.82, 2.24) is 5.32 Å². The molecule has 0 radical (unpaired) electrons. The number of carbonyl (C=O) groups excluding carboxylic acids is 2. The van der Waals surface area contributed by atoms with Crippen LogP contribution in [0.3, 0.4) is 0 Å². The van der Waals surface area contributed by atoms with Gasteiger partial charge in [0.05, 0.1) is 16.7 Å². The first-order chi connectivity index (χ1) is 16.0. The second-order valence-electron chi connectivity index (χ2n) is 6.94. The van der Waals surface area contributed by atoms with E-state index in [1.165, 1.54) is 19.2 Å². The second-order valence-corrected chi connectivity index (χ2v) is 6.94. The molecule has 3 aromatic rings. The summed E-state index contributed by atoms with van der Waals surface area (Å²) < 4.78 is 72.5. The lowest BCUT2D eigenvalue weighted by Gasteiger charge is -2.16. The van der Waals surface area contributed by atoms with Crippen molar-refractivity contribution in [1.29, 1.82) is 5.26 Å². The van der Waals surface area contributed by atoms with E-state index < -0.39 is 46.5 Å². The predicted molar refractivity (Wildman–Crippen MR) is 110 cm³/mol. The molecule has 0 atom stereocenters. The van der Waals surface area contributed by atoms with Crippen molar-refractivity contribution in [3.05, 3.63) is 88.5 Å². The maximum absolute atomic E-state index is 13.9. The average molecular weight is 475 g/mol. The standard InChI is InChI=1S/C23H14F5N3O3/c1-12-8-14(24)3-7-19(12)34-20-9-13(23(26,27)28)2-5-16(20)22(33)31-15-4-6-18(25)17(10-15)21(32)30-11-29/h2-10H,1H3,(H,30,32)(H,31,33). The van der Waals surface area contributed by atoms with Crippen LogP contribution < -0.4 is 15.4 Å². The normalized spacial score (nSPS) is 10.9. The maximum Gasteiger partial charge on any atom is 0.416 e. The smallest absolute Gasteiger partial charge is 0.416 e. The highest BCUT2D eigenvalue weighted by Gasteiger charge is 2.32. The van der Waals surface area contributed by atoms with Crippen molar-refractivity contribution in [3.8, 4) is 17.7 Å². The number of hydrogen-bond donors (Lipinski definition) is 2. The Morgan fingerprint density at radius 2 is 1.65 bits per heavy atom. The third-order valence-corrected chi connectivity index (χ3v) is 4.55. The van der Waals surface area contributed by atoms with Gasteiger partial charge in [-0.1, -0.05) is 0 Å². The molecule has 0 aliphatic rings. The molecule has 0 spiro atoms. The molecule has 0 aliphatic carbocycles. The number of amides is 2. The van der Waals surface area contributed by atoms with Gasteiger partial charge in [0.1, 0.15) is 23.1 Å². The number of anilines is 1. The molecule has 11 heteroatoms. The van der Waals surface area contributed by atoms with Gasteiger partial charge in [-0.15, -0.1) is 0 Å². The highest BCUT2D eigenvalue weighted by Crippen LogP contribution is 2.36. The SMILES string of the molecule is Cc1cc(F)ccc1Oc1cc(C(F)(F)F)ccc1C(=O)Nc1ccc(F)c(C(=O)NC#N)c1. The number of nitrogens with zero attached hydrogens (tertiary/aromatic N) is 1. The zero-order valence-corrected chi connectivity index (χ0v) is 17.3. The van der Waals surface area contributed by atoms with E-state index >= 15 is 0 Å². The summed E-state index contributed by atoms with van der Waals surface area (Å²) in [5.74, 6) is -3.97. The fraction of sp³-hybridized carbons (Fsp3) is 0.0870. The zero-order chi connectivity index (χ0) is 25.0. The van der Waals surface area contributed by atoms with Gasteiger partial charge in [0.25, 0.3) is 11.8 Å². The Kier molecular flexibility index (Phi) is 6.81. The maximum atomic E-state index is 13.9. The van der Waals surface area contributed by atoms with Crippen LogP contribution in [0.2, 0.25) is 0 Å². The predicted octanol–water partition coefficient (Wildman–Crippen LogP) is 5.55. The third kappa shape index (κ3) is 5.47. The van der Waals surface area contributed by atoms with Gasteiger partial charge < -0.3 is 10.1 Å². The fourth-order valence-corrected chi connectivity index (χ4v) is 2.91. The lowest BCUT2D eigenvalue weighted by atomic mass is 10.1. The van der Waals surface area contributed by atoms with Crippen LogP contribution in [-0.4, -0.2) is 11.8 Å². The average Bonchev–Trinajstić information content (AvgIpc) is 2.76. The van der Waals surface area contributed by atoms with Crippen molar-refractivity contribution in [2.75, 3.05) is 5.32 Å². The van der Waals surface area contributed by atoms with Crippen LogP contribution in [0.25, 0.3) is 0 Å². The monoisotopic (exact) mass is 475 g/mol. The number of nitriles is 1. The van der Waals surface area contributed by atoms with E-state index in [-0.39, 0.29) is 22.6 Å². The van der Waals surface area contributed by atoms with E-state index in [1.807, 2.05) is 0 Å². The molecule has 0 aromatic heterocycles. The van der Waals surface area contributed by atoms with Crippen LogP contribution in [0.15, 0.2) is 54.6 Å². The van der Waals surface area contributed by atoms with E-state index in [9.17, 15) is 31.5 Å². The molecule has 0 heterocycles. The largest absolute Gasteiger partial charge is 0.456 e. The van der Waals surface area contributed by atoms with Crippen molar-refractivity contribution >= 4 is 17.5 Å². The highest BCUT2D eigenvalue weighted by atomic mass is 19.4. The topological polar surface area (TPSA) is 91.2 Å². The van der Waals surface area contributed by atoms with Gasteiger partial charge in [0.2, 0.25) is 0 Å². The van der Waals surface area contributed by atoms with Gasteiger partial charge in [0.15, 0.2) is 6.19 Å². The van der Waals surface area contributed by atoms with Crippen molar-refractivity contribution in [2.45, 2.75) is 13.1 Å². The van der Waals surface area contributed by atoms with Crippen LogP contribution in [0.1, 0.15) is 31.8 Å². The van der Waals surface area contributed by atoms with E-state index in [2.05, 4.69) is 5.32 Å². The van der Waals surface area contributed by atoms with Gasteiger partial charge in [-0.2, -0.15) is 18.4 Å². The molecule has 3 aromatic carbocycles. The number of benzene rings is 3. The summed E-state index contributed by atoms with van der Waals surface area (Å²) in [7, 11) is 0. The van der Waals surface area contributed by atoms with Crippen molar-refractivity contribution in [3.63, 3.8) is 0 Å². The first-order valence-electron chi connectivity index (χ1n) is 9.45. The minimum absolute atomic E-state index is 0.0204. The number of nitrogens with one attached hydrogen (secondary N) is 2. The summed E-state index contributed by atoms with van der Waals surface area (Å²) in [6.45, 7) is 1.47. The molecule has 2 amide bonds. The number of ether oxygens (including phenoxy) is 1. The Morgan fingerprint density at radius 1 is 0.912 bits per heavy atom. The Bertz CT molecular complexity index is 1320. The minimum atomic E-state index is -4.73. The first kappa shape index (κ1) is 24.2. The molecule has 174 valence electrons. The van der Waals surface area contributed by atoms with E-state index in [1.54, 1.807) is 5.32 Å². The lowest BCUT2D eigenvalue weighted by molar-refractivity contribution is -0.137. The molecule has 6 nitrogen and oxygen atoms in total.